The van der Waals surface area contributed by atoms with Gasteiger partial charge in [-0.3, -0.25) is 4.98 Å². The molecule has 0 aliphatic heterocycles. The Labute approximate surface area is 102 Å². The molecular weight excluding hydrogens is 210 g/mol. The van der Waals surface area contributed by atoms with E-state index in [0.717, 1.165) is 24.3 Å². The predicted octanol–water partition coefficient (Wildman–Crippen LogP) is 1.93. The monoisotopic (exact) mass is 229 g/mol. The number of likely N-dealkylation sites (N-methyl/N-ethyl adjacent to an activating group) is 1. The number of para-hydroxylation sites is 1. The van der Waals surface area contributed by atoms with Crippen LogP contribution in [0.1, 0.15) is 12.6 Å². The third-order valence-corrected chi connectivity index (χ3v) is 2.80. The second-order valence-corrected chi connectivity index (χ2v) is 4.33. The number of fused-ring (bicyclic) bond motifs is 1. The van der Waals surface area contributed by atoms with Crippen molar-refractivity contribution in [1.82, 2.24) is 15.6 Å². The third kappa shape index (κ3) is 3.25. The molecule has 0 bridgehead atoms. The summed E-state index contributed by atoms with van der Waals surface area (Å²) >= 11 is 0. The number of rotatable bonds is 5. The summed E-state index contributed by atoms with van der Waals surface area (Å²) in [7, 11) is 1.96. The average molecular weight is 229 g/mol. The summed E-state index contributed by atoms with van der Waals surface area (Å²) in [5.41, 5.74) is 2.15. The summed E-state index contributed by atoms with van der Waals surface area (Å²) in [5.74, 6) is 0. The number of aromatic nitrogens is 1. The largest absolute Gasteiger partial charge is 0.318 e. The van der Waals surface area contributed by atoms with Gasteiger partial charge < -0.3 is 10.6 Å². The molecule has 2 N–H and O–H groups in total. The van der Waals surface area contributed by atoms with E-state index < -0.39 is 0 Å². The van der Waals surface area contributed by atoms with Crippen LogP contribution in [0.5, 0.6) is 0 Å². The molecule has 0 saturated carbocycles. The van der Waals surface area contributed by atoms with E-state index in [2.05, 4.69) is 46.8 Å². The van der Waals surface area contributed by atoms with Gasteiger partial charge >= 0.3 is 0 Å². The van der Waals surface area contributed by atoms with Gasteiger partial charge in [0.15, 0.2) is 0 Å². The Balaban J connectivity index is 2.04. The Morgan fingerprint density at radius 2 is 2.00 bits per heavy atom. The van der Waals surface area contributed by atoms with Crippen LogP contribution in [-0.4, -0.2) is 24.6 Å². The molecule has 1 heterocycles. The van der Waals surface area contributed by atoms with Crippen molar-refractivity contribution in [1.29, 1.82) is 0 Å². The van der Waals surface area contributed by atoms with Crippen LogP contribution in [-0.2, 0) is 6.54 Å². The van der Waals surface area contributed by atoms with Crippen molar-refractivity contribution >= 4 is 10.9 Å². The van der Waals surface area contributed by atoms with Crippen LogP contribution in [0.25, 0.3) is 10.9 Å². The lowest BCUT2D eigenvalue weighted by atomic mass is 10.2. The van der Waals surface area contributed by atoms with Gasteiger partial charge in [0, 0.05) is 24.5 Å². The van der Waals surface area contributed by atoms with Crippen molar-refractivity contribution in [2.45, 2.75) is 19.5 Å². The highest BCUT2D eigenvalue weighted by molar-refractivity contribution is 5.78. The Kier molecular flexibility index (Phi) is 4.07. The van der Waals surface area contributed by atoms with E-state index >= 15 is 0 Å². The topological polar surface area (TPSA) is 37.0 Å². The first-order chi connectivity index (χ1) is 8.29. The van der Waals surface area contributed by atoms with Crippen LogP contribution in [0.2, 0.25) is 0 Å². The number of nitrogens with one attached hydrogen (secondary N) is 2. The zero-order valence-corrected chi connectivity index (χ0v) is 10.4. The molecule has 3 heteroatoms. The Bertz CT molecular complexity index is 482. The van der Waals surface area contributed by atoms with Crippen LogP contribution in [0, 0.1) is 0 Å². The maximum atomic E-state index is 4.62. The first-order valence-corrected chi connectivity index (χ1v) is 6.02. The lowest BCUT2D eigenvalue weighted by Gasteiger charge is -2.12. The Morgan fingerprint density at radius 3 is 2.82 bits per heavy atom. The number of hydrogen-bond acceptors (Lipinski definition) is 3. The SMILES string of the molecule is CNCC(C)NCc1ccc2ccccc2n1. The van der Waals surface area contributed by atoms with Crippen molar-refractivity contribution < 1.29 is 0 Å². The summed E-state index contributed by atoms with van der Waals surface area (Å²) < 4.78 is 0. The molecule has 1 aromatic carbocycles. The zero-order chi connectivity index (χ0) is 12.1. The smallest absolute Gasteiger partial charge is 0.0705 e. The van der Waals surface area contributed by atoms with Crippen molar-refractivity contribution in [3.05, 3.63) is 42.1 Å². The molecule has 2 rings (SSSR count). The normalized spacial score (nSPS) is 12.8. The van der Waals surface area contributed by atoms with Gasteiger partial charge in [0.2, 0.25) is 0 Å². The van der Waals surface area contributed by atoms with E-state index in [1.54, 1.807) is 0 Å². The quantitative estimate of drug-likeness (QED) is 0.822. The highest BCUT2D eigenvalue weighted by atomic mass is 15.0. The van der Waals surface area contributed by atoms with E-state index in [4.69, 9.17) is 0 Å². The van der Waals surface area contributed by atoms with Crippen molar-refractivity contribution in [3.63, 3.8) is 0 Å². The van der Waals surface area contributed by atoms with E-state index in [-0.39, 0.29) is 0 Å². The molecule has 3 nitrogen and oxygen atoms in total. The third-order valence-electron chi connectivity index (χ3n) is 2.80. The highest BCUT2D eigenvalue weighted by Gasteiger charge is 2.01. The number of nitrogens with zero attached hydrogens (tertiary/aromatic N) is 1. The van der Waals surface area contributed by atoms with Crippen molar-refractivity contribution in [2.75, 3.05) is 13.6 Å². The maximum Gasteiger partial charge on any atom is 0.0705 e. The van der Waals surface area contributed by atoms with E-state index in [1.807, 2.05) is 19.2 Å². The van der Waals surface area contributed by atoms with Gasteiger partial charge in [-0.15, -0.1) is 0 Å². The van der Waals surface area contributed by atoms with Crippen molar-refractivity contribution in [2.24, 2.45) is 0 Å². The molecule has 90 valence electrons. The summed E-state index contributed by atoms with van der Waals surface area (Å²) in [4.78, 5) is 4.62. The molecule has 0 spiro atoms. The fourth-order valence-electron chi connectivity index (χ4n) is 1.86. The van der Waals surface area contributed by atoms with Gasteiger partial charge in [-0.25, -0.2) is 0 Å². The molecular formula is C14H19N3. The van der Waals surface area contributed by atoms with Gasteiger partial charge in [0.25, 0.3) is 0 Å². The average Bonchev–Trinajstić information content (AvgIpc) is 2.36. The van der Waals surface area contributed by atoms with Crippen LogP contribution in [0.15, 0.2) is 36.4 Å². The van der Waals surface area contributed by atoms with Gasteiger partial charge in [0.05, 0.1) is 11.2 Å². The zero-order valence-electron chi connectivity index (χ0n) is 10.4. The van der Waals surface area contributed by atoms with E-state index in [9.17, 15) is 0 Å². The van der Waals surface area contributed by atoms with Crippen LogP contribution >= 0.6 is 0 Å². The van der Waals surface area contributed by atoms with Gasteiger partial charge in [-0.1, -0.05) is 24.3 Å². The lowest BCUT2D eigenvalue weighted by Crippen LogP contribution is -2.34. The number of pyridine rings is 1. The molecule has 2 aromatic rings. The fraction of sp³-hybridized carbons (Fsp3) is 0.357. The van der Waals surface area contributed by atoms with Crippen LogP contribution < -0.4 is 10.6 Å². The first kappa shape index (κ1) is 12.0. The Hall–Kier alpha value is -1.45. The molecule has 0 amide bonds. The molecule has 0 aliphatic carbocycles. The lowest BCUT2D eigenvalue weighted by molar-refractivity contribution is 0.519. The second-order valence-electron chi connectivity index (χ2n) is 4.33. The minimum absolute atomic E-state index is 0.452. The molecule has 0 fully saturated rings. The molecule has 1 atom stereocenters. The highest BCUT2D eigenvalue weighted by Crippen LogP contribution is 2.11. The maximum absolute atomic E-state index is 4.62. The summed E-state index contributed by atoms with van der Waals surface area (Å²) in [5, 5.41) is 7.78. The van der Waals surface area contributed by atoms with E-state index in [1.165, 1.54) is 5.39 Å². The molecule has 1 unspecified atom stereocenters. The Morgan fingerprint density at radius 1 is 1.18 bits per heavy atom. The second kappa shape index (κ2) is 5.75. The predicted molar refractivity (Wildman–Crippen MR) is 72.0 cm³/mol. The van der Waals surface area contributed by atoms with Crippen LogP contribution in [0.4, 0.5) is 0 Å². The summed E-state index contributed by atoms with van der Waals surface area (Å²) in [6.45, 7) is 3.94. The molecule has 1 aromatic heterocycles. The molecule has 0 saturated heterocycles. The van der Waals surface area contributed by atoms with Gasteiger partial charge in [-0.05, 0) is 26.1 Å². The van der Waals surface area contributed by atoms with E-state index in [0.29, 0.717) is 6.04 Å². The minimum atomic E-state index is 0.452. The summed E-state index contributed by atoms with van der Waals surface area (Å²) in [6, 6.07) is 12.9. The molecule has 0 aliphatic rings. The molecule has 17 heavy (non-hydrogen) atoms. The van der Waals surface area contributed by atoms with Gasteiger partial charge in [-0.2, -0.15) is 0 Å². The number of benzene rings is 1. The first-order valence-electron chi connectivity index (χ1n) is 6.02. The molecule has 0 radical (unpaired) electrons. The van der Waals surface area contributed by atoms with Crippen molar-refractivity contribution in [3.8, 4) is 0 Å². The van der Waals surface area contributed by atoms with Crippen LogP contribution in [0.3, 0.4) is 0 Å². The number of hydrogen-bond donors (Lipinski definition) is 2. The minimum Gasteiger partial charge on any atom is -0.318 e. The van der Waals surface area contributed by atoms with Gasteiger partial charge in [0.1, 0.15) is 0 Å². The standard InChI is InChI=1S/C14H19N3/c1-11(9-15-2)16-10-13-8-7-12-5-3-4-6-14(12)17-13/h3-8,11,15-16H,9-10H2,1-2H3. The fourth-order valence-corrected chi connectivity index (χ4v) is 1.86. The summed E-state index contributed by atoms with van der Waals surface area (Å²) in [6.07, 6.45) is 0.